The smallest absolute Gasteiger partial charge is 0.0897 e. The highest BCUT2D eigenvalue weighted by atomic mass is 16.5. The van der Waals surface area contributed by atoms with Gasteiger partial charge >= 0.3 is 0 Å². The quantitative estimate of drug-likeness (QED) is 0.420. The fourth-order valence-corrected chi connectivity index (χ4v) is 0.965. The van der Waals surface area contributed by atoms with Crippen LogP contribution in [0.4, 0.5) is 0 Å². The number of aliphatic hydroxyl groups excluding tert-OH is 1. The van der Waals surface area contributed by atoms with Gasteiger partial charge in [-0.1, -0.05) is 0 Å². The molecule has 0 amide bonds. The minimum atomic E-state index is -0.462. The molecule has 0 aromatic heterocycles. The molecule has 0 aromatic carbocycles. The van der Waals surface area contributed by atoms with Crippen molar-refractivity contribution in [3.05, 3.63) is 0 Å². The first-order chi connectivity index (χ1) is 7.31. The number of hydrogen-bond donors (Lipinski definition) is 2. The fourth-order valence-electron chi connectivity index (χ4n) is 0.965. The van der Waals surface area contributed by atoms with Gasteiger partial charge < -0.3 is 19.9 Å². The van der Waals surface area contributed by atoms with E-state index < -0.39 is 6.10 Å². The Morgan fingerprint density at radius 3 is 2.87 bits per heavy atom. The first-order valence-electron chi connectivity index (χ1n) is 5.16. The lowest BCUT2D eigenvalue weighted by Crippen LogP contribution is -2.31. The van der Waals surface area contributed by atoms with Gasteiger partial charge in [0.15, 0.2) is 0 Å². The molecule has 0 fully saturated rings. The molecule has 1 atom stereocenters. The summed E-state index contributed by atoms with van der Waals surface area (Å²) in [4.78, 5) is 0. The SMILES string of the molecule is CC#CCCNCC(O)COCCOC. The molecule has 0 saturated carbocycles. The Morgan fingerprint density at radius 2 is 2.20 bits per heavy atom. The predicted molar refractivity (Wildman–Crippen MR) is 59.6 cm³/mol. The van der Waals surface area contributed by atoms with E-state index in [0.717, 1.165) is 13.0 Å². The van der Waals surface area contributed by atoms with Crippen LogP contribution in [0.3, 0.4) is 0 Å². The number of methoxy groups -OCH3 is 1. The fraction of sp³-hybridized carbons (Fsp3) is 0.818. The van der Waals surface area contributed by atoms with Crippen molar-refractivity contribution in [2.75, 3.05) is 40.0 Å². The molecule has 0 aliphatic rings. The molecule has 4 nitrogen and oxygen atoms in total. The van der Waals surface area contributed by atoms with Crippen molar-refractivity contribution < 1.29 is 14.6 Å². The van der Waals surface area contributed by atoms with Crippen LogP contribution in [0.5, 0.6) is 0 Å². The van der Waals surface area contributed by atoms with E-state index in [9.17, 15) is 5.11 Å². The van der Waals surface area contributed by atoms with Gasteiger partial charge in [-0.05, 0) is 6.92 Å². The largest absolute Gasteiger partial charge is 0.389 e. The lowest BCUT2D eigenvalue weighted by Gasteiger charge is -2.11. The minimum Gasteiger partial charge on any atom is -0.389 e. The molecule has 0 aliphatic heterocycles. The molecule has 4 heteroatoms. The summed E-state index contributed by atoms with van der Waals surface area (Å²) < 4.78 is 9.98. The first kappa shape index (κ1) is 14.4. The van der Waals surface area contributed by atoms with Gasteiger partial charge in [0.25, 0.3) is 0 Å². The van der Waals surface area contributed by atoms with E-state index in [1.54, 1.807) is 7.11 Å². The predicted octanol–water partition coefficient (Wildman–Crippen LogP) is 0.0133. The van der Waals surface area contributed by atoms with E-state index in [2.05, 4.69) is 17.2 Å². The maximum atomic E-state index is 9.44. The van der Waals surface area contributed by atoms with Crippen molar-refractivity contribution in [2.45, 2.75) is 19.4 Å². The van der Waals surface area contributed by atoms with Crippen LogP contribution in [-0.4, -0.2) is 51.2 Å². The Bertz CT molecular complexity index is 186. The van der Waals surface area contributed by atoms with Crippen LogP contribution < -0.4 is 5.32 Å². The zero-order valence-electron chi connectivity index (χ0n) is 9.58. The average molecular weight is 215 g/mol. The van der Waals surface area contributed by atoms with E-state index in [1.165, 1.54) is 0 Å². The number of nitrogens with one attached hydrogen (secondary N) is 1. The molecule has 0 heterocycles. The van der Waals surface area contributed by atoms with Gasteiger partial charge in [0.2, 0.25) is 0 Å². The van der Waals surface area contributed by atoms with Crippen molar-refractivity contribution in [1.82, 2.24) is 5.32 Å². The van der Waals surface area contributed by atoms with Crippen LogP contribution in [0.15, 0.2) is 0 Å². The van der Waals surface area contributed by atoms with Crippen LogP contribution >= 0.6 is 0 Å². The van der Waals surface area contributed by atoms with E-state index >= 15 is 0 Å². The molecule has 2 N–H and O–H groups in total. The second-order valence-electron chi connectivity index (χ2n) is 3.10. The Hall–Kier alpha value is -0.600. The van der Waals surface area contributed by atoms with Crippen molar-refractivity contribution in [3.63, 3.8) is 0 Å². The van der Waals surface area contributed by atoms with Gasteiger partial charge in [0.1, 0.15) is 0 Å². The van der Waals surface area contributed by atoms with Crippen LogP contribution in [-0.2, 0) is 9.47 Å². The van der Waals surface area contributed by atoms with Crippen LogP contribution in [0.1, 0.15) is 13.3 Å². The molecular weight excluding hydrogens is 194 g/mol. The molecule has 0 spiro atoms. The maximum Gasteiger partial charge on any atom is 0.0897 e. The lowest BCUT2D eigenvalue weighted by atomic mass is 10.3. The topological polar surface area (TPSA) is 50.7 Å². The summed E-state index contributed by atoms with van der Waals surface area (Å²) in [6, 6.07) is 0. The van der Waals surface area contributed by atoms with Gasteiger partial charge in [-0.15, -0.1) is 11.8 Å². The van der Waals surface area contributed by atoms with Gasteiger partial charge in [0.05, 0.1) is 25.9 Å². The maximum absolute atomic E-state index is 9.44. The summed E-state index contributed by atoms with van der Waals surface area (Å²) in [6.45, 7) is 4.59. The van der Waals surface area contributed by atoms with Gasteiger partial charge in [-0.25, -0.2) is 0 Å². The third-order valence-electron chi connectivity index (χ3n) is 1.73. The van der Waals surface area contributed by atoms with E-state index in [0.29, 0.717) is 26.4 Å². The summed E-state index contributed by atoms with van der Waals surface area (Å²) in [6.07, 6.45) is 0.352. The van der Waals surface area contributed by atoms with Gasteiger partial charge in [-0.3, -0.25) is 0 Å². The highest BCUT2D eigenvalue weighted by Crippen LogP contribution is 1.84. The second kappa shape index (κ2) is 11.5. The average Bonchev–Trinajstić information content (AvgIpc) is 2.24. The zero-order valence-corrected chi connectivity index (χ0v) is 9.58. The summed E-state index contributed by atoms with van der Waals surface area (Å²) >= 11 is 0. The van der Waals surface area contributed by atoms with E-state index in [-0.39, 0.29) is 0 Å². The molecular formula is C11H21NO3. The zero-order chi connectivity index (χ0) is 11.4. The summed E-state index contributed by atoms with van der Waals surface area (Å²) in [7, 11) is 1.62. The summed E-state index contributed by atoms with van der Waals surface area (Å²) in [5, 5.41) is 12.5. The Labute approximate surface area is 92.0 Å². The molecule has 0 radical (unpaired) electrons. The number of rotatable bonds is 9. The molecule has 0 aromatic rings. The number of aliphatic hydroxyl groups is 1. The monoisotopic (exact) mass is 215 g/mol. The second-order valence-corrected chi connectivity index (χ2v) is 3.10. The Morgan fingerprint density at radius 1 is 1.40 bits per heavy atom. The Kier molecular flexibility index (Phi) is 11.0. The van der Waals surface area contributed by atoms with Crippen LogP contribution in [0.2, 0.25) is 0 Å². The minimum absolute atomic E-state index is 0.343. The Balaban J connectivity index is 3.17. The molecule has 0 aliphatic carbocycles. The van der Waals surface area contributed by atoms with Gasteiger partial charge in [0, 0.05) is 26.6 Å². The first-order valence-corrected chi connectivity index (χ1v) is 5.16. The van der Waals surface area contributed by atoms with Crippen molar-refractivity contribution in [2.24, 2.45) is 0 Å². The highest BCUT2D eigenvalue weighted by Gasteiger charge is 2.02. The third kappa shape index (κ3) is 11.3. The molecule has 1 unspecified atom stereocenters. The van der Waals surface area contributed by atoms with Crippen molar-refractivity contribution in [3.8, 4) is 11.8 Å². The molecule has 0 bridgehead atoms. The number of ether oxygens (including phenoxy) is 2. The molecule has 0 rings (SSSR count). The van der Waals surface area contributed by atoms with Crippen LogP contribution in [0.25, 0.3) is 0 Å². The van der Waals surface area contributed by atoms with Crippen LogP contribution in [0, 0.1) is 11.8 Å². The van der Waals surface area contributed by atoms with E-state index in [4.69, 9.17) is 9.47 Å². The normalized spacial score (nSPS) is 11.9. The van der Waals surface area contributed by atoms with Crippen molar-refractivity contribution >= 4 is 0 Å². The van der Waals surface area contributed by atoms with E-state index in [1.807, 2.05) is 6.92 Å². The third-order valence-corrected chi connectivity index (χ3v) is 1.73. The van der Waals surface area contributed by atoms with Gasteiger partial charge in [-0.2, -0.15) is 0 Å². The lowest BCUT2D eigenvalue weighted by molar-refractivity contribution is 0.0139. The molecule has 0 saturated heterocycles. The molecule has 15 heavy (non-hydrogen) atoms. The summed E-state index contributed by atoms with van der Waals surface area (Å²) in [5.41, 5.74) is 0. The van der Waals surface area contributed by atoms with Crippen molar-refractivity contribution in [1.29, 1.82) is 0 Å². The number of hydrogen-bond acceptors (Lipinski definition) is 4. The molecule has 88 valence electrons. The standard InChI is InChI=1S/C11H21NO3/c1-3-4-5-6-12-9-11(13)10-15-8-7-14-2/h11-13H,5-10H2,1-2H3. The summed E-state index contributed by atoms with van der Waals surface area (Å²) in [5.74, 6) is 5.75. The highest BCUT2D eigenvalue weighted by molar-refractivity contribution is 4.95.